The SMILES string of the molecule is CN1CCOC(CC(=O)Cc2cc3cc(-c4cnn(C)c4)ncc3cn2)C1. The van der Waals surface area contributed by atoms with Crippen LogP contribution in [0.2, 0.25) is 0 Å². The van der Waals surface area contributed by atoms with Crippen molar-refractivity contribution in [1.82, 2.24) is 24.6 Å². The van der Waals surface area contributed by atoms with E-state index in [0.717, 1.165) is 40.8 Å². The number of hydrogen-bond donors (Lipinski definition) is 0. The first-order chi connectivity index (χ1) is 13.1. The van der Waals surface area contributed by atoms with Crippen molar-refractivity contribution in [2.24, 2.45) is 7.05 Å². The molecule has 1 fully saturated rings. The Bertz CT molecular complexity index is 968. The number of carbonyl (C=O) groups is 1. The molecule has 1 aliphatic rings. The highest BCUT2D eigenvalue weighted by atomic mass is 16.5. The Hall–Kier alpha value is -2.64. The largest absolute Gasteiger partial charge is 0.375 e. The van der Waals surface area contributed by atoms with Crippen LogP contribution >= 0.6 is 0 Å². The van der Waals surface area contributed by atoms with Crippen LogP contribution in [0.15, 0.2) is 36.9 Å². The number of ether oxygens (including phenoxy) is 1. The summed E-state index contributed by atoms with van der Waals surface area (Å²) in [7, 11) is 3.94. The summed E-state index contributed by atoms with van der Waals surface area (Å²) in [6.45, 7) is 2.41. The Morgan fingerprint density at radius 3 is 2.81 bits per heavy atom. The normalized spacial score (nSPS) is 18.1. The van der Waals surface area contributed by atoms with Gasteiger partial charge >= 0.3 is 0 Å². The summed E-state index contributed by atoms with van der Waals surface area (Å²) in [4.78, 5) is 23.6. The molecule has 1 aliphatic heterocycles. The van der Waals surface area contributed by atoms with Gasteiger partial charge in [-0.05, 0) is 24.6 Å². The van der Waals surface area contributed by atoms with Gasteiger partial charge in [0.1, 0.15) is 5.78 Å². The average Bonchev–Trinajstić information content (AvgIpc) is 3.07. The summed E-state index contributed by atoms with van der Waals surface area (Å²) in [5.74, 6) is 0.156. The number of likely N-dealkylation sites (N-methyl/N-ethyl adjacent to an activating group) is 1. The molecule has 0 aromatic carbocycles. The lowest BCUT2D eigenvalue weighted by molar-refractivity contribution is -0.123. The third kappa shape index (κ3) is 4.20. The minimum absolute atomic E-state index is 0.0157. The van der Waals surface area contributed by atoms with Crippen LogP contribution in [-0.4, -0.2) is 63.3 Å². The molecule has 1 atom stereocenters. The fourth-order valence-electron chi connectivity index (χ4n) is 3.41. The molecular formula is C20H23N5O2. The molecule has 3 aromatic heterocycles. The molecule has 4 rings (SSSR count). The molecule has 7 heteroatoms. The van der Waals surface area contributed by atoms with E-state index in [1.807, 2.05) is 31.6 Å². The average molecular weight is 365 g/mol. The number of carbonyl (C=O) groups excluding carboxylic acids is 1. The van der Waals surface area contributed by atoms with Crippen molar-refractivity contribution in [1.29, 1.82) is 0 Å². The topological polar surface area (TPSA) is 73.1 Å². The molecule has 0 radical (unpaired) electrons. The summed E-state index contributed by atoms with van der Waals surface area (Å²) in [6.07, 6.45) is 8.05. The highest BCUT2D eigenvalue weighted by Gasteiger charge is 2.21. The molecule has 0 N–H and O–H groups in total. The minimum atomic E-state index is -0.0157. The van der Waals surface area contributed by atoms with Crippen molar-refractivity contribution in [3.63, 3.8) is 0 Å². The van der Waals surface area contributed by atoms with Crippen LogP contribution in [0.3, 0.4) is 0 Å². The van der Waals surface area contributed by atoms with Gasteiger partial charge in [-0.3, -0.25) is 19.4 Å². The summed E-state index contributed by atoms with van der Waals surface area (Å²) in [5.41, 5.74) is 2.60. The zero-order valence-electron chi connectivity index (χ0n) is 15.6. The second kappa shape index (κ2) is 7.54. The molecule has 0 aliphatic carbocycles. The van der Waals surface area contributed by atoms with E-state index in [0.29, 0.717) is 19.4 Å². The Kier molecular flexibility index (Phi) is 4.96. The van der Waals surface area contributed by atoms with E-state index in [2.05, 4.69) is 27.0 Å². The monoisotopic (exact) mass is 365 g/mol. The minimum Gasteiger partial charge on any atom is -0.375 e. The Labute approximate surface area is 158 Å². The quantitative estimate of drug-likeness (QED) is 0.687. The second-order valence-corrected chi connectivity index (χ2v) is 7.17. The summed E-state index contributed by atoms with van der Waals surface area (Å²) >= 11 is 0. The van der Waals surface area contributed by atoms with E-state index in [9.17, 15) is 4.79 Å². The van der Waals surface area contributed by atoms with Crippen LogP contribution in [0.25, 0.3) is 22.0 Å². The predicted molar refractivity (Wildman–Crippen MR) is 102 cm³/mol. The van der Waals surface area contributed by atoms with Crippen LogP contribution in [-0.2, 0) is 23.0 Å². The molecule has 1 saturated heterocycles. The predicted octanol–water partition coefficient (Wildman–Crippen LogP) is 1.86. The Balaban J connectivity index is 1.49. The van der Waals surface area contributed by atoms with Gasteiger partial charge < -0.3 is 9.64 Å². The fourth-order valence-corrected chi connectivity index (χ4v) is 3.41. The molecular weight excluding hydrogens is 342 g/mol. The maximum atomic E-state index is 12.5. The van der Waals surface area contributed by atoms with Crippen molar-refractivity contribution in [3.05, 3.63) is 42.6 Å². The number of pyridine rings is 2. The second-order valence-electron chi connectivity index (χ2n) is 7.17. The van der Waals surface area contributed by atoms with Crippen LogP contribution in [0, 0.1) is 0 Å². The summed E-state index contributed by atoms with van der Waals surface area (Å²) < 4.78 is 7.45. The van der Waals surface area contributed by atoms with Crippen molar-refractivity contribution < 1.29 is 9.53 Å². The first-order valence-corrected chi connectivity index (χ1v) is 9.12. The van der Waals surface area contributed by atoms with Gasteiger partial charge in [0.15, 0.2) is 0 Å². The van der Waals surface area contributed by atoms with Gasteiger partial charge in [0.25, 0.3) is 0 Å². The van der Waals surface area contributed by atoms with E-state index in [1.165, 1.54) is 0 Å². The third-order valence-corrected chi connectivity index (χ3v) is 4.84. The lowest BCUT2D eigenvalue weighted by Gasteiger charge is -2.29. The molecule has 0 spiro atoms. The van der Waals surface area contributed by atoms with Gasteiger partial charge in [-0.25, -0.2) is 0 Å². The first-order valence-electron chi connectivity index (χ1n) is 9.12. The van der Waals surface area contributed by atoms with Gasteiger partial charge in [-0.2, -0.15) is 5.10 Å². The van der Waals surface area contributed by atoms with E-state index < -0.39 is 0 Å². The number of nitrogens with zero attached hydrogens (tertiary/aromatic N) is 5. The molecule has 0 saturated carbocycles. The molecule has 0 bridgehead atoms. The van der Waals surface area contributed by atoms with Gasteiger partial charge in [0.05, 0.1) is 24.6 Å². The first kappa shape index (κ1) is 17.8. The number of aryl methyl sites for hydroxylation is 1. The van der Waals surface area contributed by atoms with Crippen LogP contribution < -0.4 is 0 Å². The number of ketones is 1. The standard InChI is InChI=1S/C20H23N5O2/c1-24-3-4-27-19(13-24)8-18(26)7-17-5-14-6-20(16-11-23-25(2)12-16)22-10-15(14)9-21-17/h5-6,9-12,19H,3-4,7-8,13H2,1-2H3. The van der Waals surface area contributed by atoms with E-state index in [4.69, 9.17) is 4.74 Å². The van der Waals surface area contributed by atoms with Crippen molar-refractivity contribution in [2.45, 2.75) is 18.9 Å². The van der Waals surface area contributed by atoms with E-state index >= 15 is 0 Å². The molecule has 140 valence electrons. The zero-order valence-corrected chi connectivity index (χ0v) is 15.6. The lowest BCUT2D eigenvalue weighted by Crippen LogP contribution is -2.41. The highest BCUT2D eigenvalue weighted by molar-refractivity contribution is 5.86. The fraction of sp³-hybridized carbons (Fsp3) is 0.400. The number of hydrogen-bond acceptors (Lipinski definition) is 6. The Morgan fingerprint density at radius 1 is 1.19 bits per heavy atom. The third-order valence-electron chi connectivity index (χ3n) is 4.84. The van der Waals surface area contributed by atoms with Gasteiger partial charge in [0, 0.05) is 68.2 Å². The van der Waals surface area contributed by atoms with E-state index in [1.54, 1.807) is 17.1 Å². The number of rotatable bonds is 5. The zero-order chi connectivity index (χ0) is 18.8. The molecule has 7 nitrogen and oxygen atoms in total. The molecule has 4 heterocycles. The van der Waals surface area contributed by atoms with Crippen molar-refractivity contribution >= 4 is 16.6 Å². The number of Topliss-reactive ketones (excluding diaryl/α,β-unsaturated/α-hetero) is 1. The van der Waals surface area contributed by atoms with Crippen LogP contribution in [0.1, 0.15) is 12.1 Å². The number of morpholine rings is 1. The summed E-state index contributed by atoms with van der Waals surface area (Å²) in [5, 5.41) is 6.17. The van der Waals surface area contributed by atoms with Crippen LogP contribution in [0.5, 0.6) is 0 Å². The summed E-state index contributed by atoms with van der Waals surface area (Å²) in [6, 6.07) is 3.99. The molecule has 27 heavy (non-hydrogen) atoms. The molecule has 0 amide bonds. The van der Waals surface area contributed by atoms with E-state index in [-0.39, 0.29) is 11.9 Å². The number of fused-ring (bicyclic) bond motifs is 1. The maximum Gasteiger partial charge on any atom is 0.141 e. The highest BCUT2D eigenvalue weighted by Crippen LogP contribution is 2.22. The van der Waals surface area contributed by atoms with Crippen molar-refractivity contribution in [3.8, 4) is 11.3 Å². The Morgan fingerprint density at radius 2 is 2.04 bits per heavy atom. The molecule has 1 unspecified atom stereocenters. The van der Waals surface area contributed by atoms with Crippen LogP contribution in [0.4, 0.5) is 0 Å². The lowest BCUT2D eigenvalue weighted by atomic mass is 10.0. The smallest absolute Gasteiger partial charge is 0.141 e. The molecule has 3 aromatic rings. The number of aromatic nitrogens is 4. The van der Waals surface area contributed by atoms with Gasteiger partial charge in [-0.1, -0.05) is 0 Å². The maximum absolute atomic E-state index is 12.5. The van der Waals surface area contributed by atoms with Gasteiger partial charge in [-0.15, -0.1) is 0 Å². The van der Waals surface area contributed by atoms with Crippen molar-refractivity contribution in [2.75, 3.05) is 26.7 Å². The van der Waals surface area contributed by atoms with Gasteiger partial charge in [0.2, 0.25) is 0 Å².